The van der Waals surface area contributed by atoms with Gasteiger partial charge in [-0.2, -0.15) is 13.2 Å². The molecule has 106 valence electrons. The Labute approximate surface area is 108 Å². The largest absolute Gasteiger partial charge is 0.464 e. The SMILES string of the molecule is COC(=O)c1ccc(NCCCCC(F)(F)F)nn1. The third-order valence-electron chi connectivity index (χ3n) is 2.25. The van der Waals surface area contributed by atoms with Gasteiger partial charge in [-0.15, -0.1) is 10.2 Å². The summed E-state index contributed by atoms with van der Waals surface area (Å²) < 4.78 is 40.1. The van der Waals surface area contributed by atoms with Crippen LogP contribution in [0.3, 0.4) is 0 Å². The van der Waals surface area contributed by atoms with Crippen molar-refractivity contribution >= 4 is 11.8 Å². The number of alkyl halides is 3. The summed E-state index contributed by atoms with van der Waals surface area (Å²) in [6, 6.07) is 2.94. The van der Waals surface area contributed by atoms with Crippen LogP contribution in [-0.4, -0.2) is 36.0 Å². The summed E-state index contributed by atoms with van der Waals surface area (Å²) in [6.07, 6.45) is -4.46. The number of hydrogen-bond donors (Lipinski definition) is 1. The number of anilines is 1. The molecule has 1 N–H and O–H groups in total. The minimum absolute atomic E-state index is 0.0597. The first kappa shape index (κ1) is 15.2. The summed E-state index contributed by atoms with van der Waals surface area (Å²) in [7, 11) is 1.23. The van der Waals surface area contributed by atoms with Crippen molar-refractivity contribution in [2.45, 2.75) is 25.4 Å². The molecule has 0 radical (unpaired) electrons. The number of ether oxygens (including phenoxy) is 1. The number of carbonyl (C=O) groups is 1. The maximum Gasteiger partial charge on any atom is 0.389 e. The number of unbranched alkanes of at least 4 members (excludes halogenated alkanes) is 1. The van der Waals surface area contributed by atoms with Crippen LogP contribution in [0.2, 0.25) is 0 Å². The molecule has 1 aromatic rings. The van der Waals surface area contributed by atoms with Crippen molar-refractivity contribution in [2.75, 3.05) is 19.0 Å². The van der Waals surface area contributed by atoms with E-state index in [-0.39, 0.29) is 12.1 Å². The van der Waals surface area contributed by atoms with Crippen molar-refractivity contribution in [1.82, 2.24) is 10.2 Å². The molecule has 0 saturated heterocycles. The van der Waals surface area contributed by atoms with Gasteiger partial charge in [-0.3, -0.25) is 0 Å². The highest BCUT2D eigenvalue weighted by molar-refractivity contribution is 5.86. The topological polar surface area (TPSA) is 64.1 Å². The molecule has 19 heavy (non-hydrogen) atoms. The third kappa shape index (κ3) is 6.03. The lowest BCUT2D eigenvalue weighted by Crippen LogP contribution is -2.10. The second-order valence-corrected chi connectivity index (χ2v) is 3.79. The zero-order valence-electron chi connectivity index (χ0n) is 10.3. The molecular formula is C11H14F3N3O2. The molecule has 0 aromatic carbocycles. The normalized spacial score (nSPS) is 11.2. The van der Waals surface area contributed by atoms with Crippen LogP contribution < -0.4 is 5.32 Å². The van der Waals surface area contributed by atoms with E-state index in [2.05, 4.69) is 20.3 Å². The van der Waals surface area contributed by atoms with Gasteiger partial charge in [-0.1, -0.05) is 0 Å². The molecule has 0 aliphatic heterocycles. The number of aromatic nitrogens is 2. The Kier molecular flexibility index (Phi) is 5.53. The van der Waals surface area contributed by atoms with Crippen molar-refractivity contribution in [3.8, 4) is 0 Å². The van der Waals surface area contributed by atoms with Gasteiger partial charge in [-0.25, -0.2) is 4.79 Å². The highest BCUT2D eigenvalue weighted by Gasteiger charge is 2.25. The summed E-state index contributed by atoms with van der Waals surface area (Å²) in [4.78, 5) is 11.1. The Morgan fingerprint density at radius 3 is 2.58 bits per heavy atom. The molecule has 0 bridgehead atoms. The van der Waals surface area contributed by atoms with Crippen LogP contribution in [0.1, 0.15) is 29.8 Å². The van der Waals surface area contributed by atoms with Crippen LogP contribution in [0, 0.1) is 0 Å². The van der Waals surface area contributed by atoms with E-state index in [9.17, 15) is 18.0 Å². The van der Waals surface area contributed by atoms with Gasteiger partial charge in [0.2, 0.25) is 0 Å². The maximum absolute atomic E-state index is 11.9. The molecule has 0 atom stereocenters. The summed E-state index contributed by atoms with van der Waals surface area (Å²) in [5, 5.41) is 10.2. The Morgan fingerprint density at radius 2 is 2.05 bits per heavy atom. The van der Waals surface area contributed by atoms with Crippen molar-refractivity contribution in [3.63, 3.8) is 0 Å². The maximum atomic E-state index is 11.9. The first-order valence-corrected chi connectivity index (χ1v) is 5.65. The van der Waals surface area contributed by atoms with Gasteiger partial charge in [0.25, 0.3) is 0 Å². The van der Waals surface area contributed by atoms with E-state index in [4.69, 9.17) is 0 Å². The lowest BCUT2D eigenvalue weighted by molar-refractivity contribution is -0.135. The van der Waals surface area contributed by atoms with E-state index < -0.39 is 18.6 Å². The van der Waals surface area contributed by atoms with Gasteiger partial charge in [-0.05, 0) is 25.0 Å². The molecule has 1 aromatic heterocycles. The van der Waals surface area contributed by atoms with Crippen molar-refractivity contribution in [3.05, 3.63) is 17.8 Å². The first-order chi connectivity index (χ1) is 8.92. The second kappa shape index (κ2) is 6.91. The molecule has 0 fully saturated rings. The number of halogens is 3. The van der Waals surface area contributed by atoms with Crippen LogP contribution in [-0.2, 0) is 4.74 Å². The zero-order chi connectivity index (χ0) is 14.3. The highest BCUT2D eigenvalue weighted by Crippen LogP contribution is 2.22. The van der Waals surface area contributed by atoms with Gasteiger partial charge in [0, 0.05) is 13.0 Å². The van der Waals surface area contributed by atoms with E-state index in [0.717, 1.165) is 0 Å². The van der Waals surface area contributed by atoms with Crippen LogP contribution in [0.25, 0.3) is 0 Å². The van der Waals surface area contributed by atoms with Gasteiger partial charge < -0.3 is 10.1 Å². The number of carbonyl (C=O) groups excluding carboxylic acids is 1. The molecular weight excluding hydrogens is 263 g/mol. The molecule has 0 saturated carbocycles. The minimum atomic E-state index is -4.11. The number of rotatable bonds is 6. The predicted molar refractivity (Wildman–Crippen MR) is 61.8 cm³/mol. The van der Waals surface area contributed by atoms with Gasteiger partial charge in [0.05, 0.1) is 7.11 Å². The number of esters is 1. The number of methoxy groups -OCH3 is 1. The molecule has 0 aliphatic carbocycles. The molecule has 0 unspecified atom stereocenters. The van der Waals surface area contributed by atoms with Gasteiger partial charge in [0.1, 0.15) is 5.82 Å². The summed E-state index contributed by atoms with van der Waals surface area (Å²) in [5.41, 5.74) is 0.0742. The third-order valence-corrected chi connectivity index (χ3v) is 2.25. The molecule has 1 rings (SSSR count). The predicted octanol–water partition coefficient (Wildman–Crippen LogP) is 2.41. The quantitative estimate of drug-likeness (QED) is 0.639. The van der Waals surface area contributed by atoms with E-state index in [0.29, 0.717) is 18.8 Å². The fraction of sp³-hybridized carbons (Fsp3) is 0.545. The van der Waals surface area contributed by atoms with E-state index in [1.54, 1.807) is 0 Å². The fourth-order valence-electron chi connectivity index (χ4n) is 1.31. The smallest absolute Gasteiger partial charge is 0.389 e. The monoisotopic (exact) mass is 277 g/mol. The minimum Gasteiger partial charge on any atom is -0.464 e. The van der Waals surface area contributed by atoms with Gasteiger partial charge >= 0.3 is 12.1 Å². The summed E-state index contributed by atoms with van der Waals surface area (Å²) in [6.45, 7) is 0.363. The lowest BCUT2D eigenvalue weighted by atomic mass is 10.2. The Hall–Kier alpha value is -1.86. The average Bonchev–Trinajstić information content (AvgIpc) is 2.37. The zero-order valence-corrected chi connectivity index (χ0v) is 10.3. The Bertz CT molecular complexity index is 407. The summed E-state index contributed by atoms with van der Waals surface area (Å²) >= 11 is 0. The van der Waals surface area contributed by atoms with Gasteiger partial charge in [0.15, 0.2) is 5.69 Å². The van der Waals surface area contributed by atoms with Crippen molar-refractivity contribution in [1.29, 1.82) is 0 Å². The second-order valence-electron chi connectivity index (χ2n) is 3.79. The standard InChI is InChI=1S/C11H14F3N3O2/c1-19-10(18)8-4-5-9(17-16-8)15-7-3-2-6-11(12,13)14/h4-5H,2-3,6-7H2,1H3,(H,15,17). The Balaban J connectivity index is 2.29. The first-order valence-electron chi connectivity index (χ1n) is 5.65. The summed E-state index contributed by atoms with van der Waals surface area (Å²) in [5.74, 6) is -0.191. The van der Waals surface area contributed by atoms with Crippen molar-refractivity contribution in [2.24, 2.45) is 0 Å². The molecule has 1 heterocycles. The van der Waals surface area contributed by atoms with Crippen LogP contribution in [0.15, 0.2) is 12.1 Å². The van der Waals surface area contributed by atoms with E-state index in [1.807, 2.05) is 0 Å². The van der Waals surface area contributed by atoms with E-state index in [1.165, 1.54) is 19.2 Å². The number of nitrogens with zero attached hydrogens (tertiary/aromatic N) is 2. The van der Waals surface area contributed by atoms with Crippen LogP contribution in [0.5, 0.6) is 0 Å². The highest BCUT2D eigenvalue weighted by atomic mass is 19.4. The van der Waals surface area contributed by atoms with Crippen LogP contribution in [0.4, 0.5) is 19.0 Å². The van der Waals surface area contributed by atoms with Crippen molar-refractivity contribution < 1.29 is 22.7 Å². The molecule has 8 heteroatoms. The van der Waals surface area contributed by atoms with Crippen LogP contribution >= 0.6 is 0 Å². The lowest BCUT2D eigenvalue weighted by Gasteiger charge is -2.07. The molecule has 5 nitrogen and oxygen atoms in total. The Morgan fingerprint density at radius 1 is 1.32 bits per heavy atom. The average molecular weight is 277 g/mol. The number of hydrogen-bond acceptors (Lipinski definition) is 5. The number of nitrogens with one attached hydrogen (secondary N) is 1. The fourth-order valence-corrected chi connectivity index (χ4v) is 1.31. The molecule has 0 amide bonds. The van der Waals surface area contributed by atoms with E-state index >= 15 is 0 Å². The molecule has 0 spiro atoms. The molecule has 0 aliphatic rings.